The van der Waals surface area contributed by atoms with Crippen LogP contribution >= 0.6 is 11.3 Å². The molecule has 1 aromatic carbocycles. The summed E-state index contributed by atoms with van der Waals surface area (Å²) in [7, 11) is 0. The van der Waals surface area contributed by atoms with Crippen molar-refractivity contribution in [1.82, 2.24) is 29.6 Å². The number of alkyl halides is 3. The smallest absolute Gasteiger partial charge is 0.324 e. The average molecular weight is 526 g/mol. The van der Waals surface area contributed by atoms with E-state index in [9.17, 15) is 13.2 Å². The molecule has 1 saturated heterocycles. The first-order valence-corrected chi connectivity index (χ1v) is 13.4. The van der Waals surface area contributed by atoms with Gasteiger partial charge >= 0.3 is 6.18 Å². The minimum Gasteiger partial charge on any atom is -0.324 e. The lowest BCUT2D eigenvalue weighted by atomic mass is 10.0. The maximum absolute atomic E-state index is 13.6. The molecule has 1 aliphatic carbocycles. The Morgan fingerprint density at radius 2 is 1.78 bits per heavy atom. The zero-order valence-corrected chi connectivity index (χ0v) is 20.9. The van der Waals surface area contributed by atoms with Crippen molar-refractivity contribution < 1.29 is 13.2 Å². The van der Waals surface area contributed by atoms with Crippen LogP contribution in [0.2, 0.25) is 0 Å². The number of thiazole rings is 1. The fraction of sp³-hybridized carbons (Fsp3) is 0.385. The average Bonchev–Trinajstić information content (AvgIpc) is 3.65. The van der Waals surface area contributed by atoms with E-state index in [1.807, 2.05) is 17.5 Å². The van der Waals surface area contributed by atoms with Crippen molar-refractivity contribution in [1.29, 1.82) is 0 Å². The van der Waals surface area contributed by atoms with Crippen molar-refractivity contribution in [2.75, 3.05) is 18.4 Å². The highest BCUT2D eigenvalue weighted by molar-refractivity contribution is 7.13. The van der Waals surface area contributed by atoms with E-state index < -0.39 is 12.0 Å². The second-order valence-corrected chi connectivity index (χ2v) is 10.4. The number of aryl methyl sites for hydroxylation is 2. The summed E-state index contributed by atoms with van der Waals surface area (Å²) < 4.78 is 41.8. The number of fused-ring (bicyclic) bond motifs is 1. The quantitative estimate of drug-likeness (QED) is 0.328. The summed E-state index contributed by atoms with van der Waals surface area (Å²) in [5.41, 5.74) is 3.78. The molecule has 1 fully saturated rings. The summed E-state index contributed by atoms with van der Waals surface area (Å²) >= 11 is 1.40. The molecule has 11 heteroatoms. The number of pyridine rings is 1. The molecular weight excluding hydrogens is 499 g/mol. The first kappa shape index (κ1) is 24.1. The third kappa shape index (κ3) is 5.10. The molecule has 1 atom stereocenters. The monoisotopic (exact) mass is 525 g/mol. The van der Waals surface area contributed by atoms with Crippen LogP contribution < -0.4 is 5.32 Å². The number of likely N-dealkylation sites (tertiary alicyclic amines) is 1. The van der Waals surface area contributed by atoms with Gasteiger partial charge in [-0.15, -0.1) is 16.4 Å². The number of anilines is 2. The molecule has 0 radical (unpaired) electrons. The van der Waals surface area contributed by atoms with Gasteiger partial charge in [-0.1, -0.05) is 12.1 Å². The molecule has 4 heterocycles. The third-order valence-electron chi connectivity index (χ3n) is 7.08. The molecule has 192 valence electrons. The summed E-state index contributed by atoms with van der Waals surface area (Å²) in [5.74, 6) is -1.04. The fourth-order valence-electron chi connectivity index (χ4n) is 5.25. The van der Waals surface area contributed by atoms with Gasteiger partial charge in [-0.25, -0.2) is 9.97 Å². The van der Waals surface area contributed by atoms with Crippen LogP contribution in [-0.4, -0.2) is 48.8 Å². The summed E-state index contributed by atoms with van der Waals surface area (Å²) in [6.07, 6.45) is 3.72. The molecule has 1 aliphatic heterocycles. The number of hydrogen-bond acceptors (Lipinski definition) is 7. The van der Waals surface area contributed by atoms with Gasteiger partial charge in [0.25, 0.3) is 5.82 Å². The van der Waals surface area contributed by atoms with E-state index in [-0.39, 0.29) is 11.8 Å². The molecule has 3 aromatic heterocycles. The van der Waals surface area contributed by atoms with E-state index in [4.69, 9.17) is 0 Å². The van der Waals surface area contributed by atoms with E-state index in [0.717, 1.165) is 30.4 Å². The standard InChI is InChI=1S/C26H26F3N7S/c27-26(28,29)24-33-25(36(34-24)22-5-3-4-21(32-22)23-30-12-15-37-23)31-19-9-6-17-7-10-20(11-8-18(17)16-19)35-13-1-2-14-35/h3-6,9,12,15-16,20H,1-2,7-8,10-11,13-14H2,(H,31,33,34). The number of rotatable bonds is 5. The maximum atomic E-state index is 13.6. The van der Waals surface area contributed by atoms with E-state index >= 15 is 0 Å². The number of nitrogens with zero attached hydrogens (tertiary/aromatic N) is 6. The molecular formula is C26H26F3N7S. The maximum Gasteiger partial charge on any atom is 0.453 e. The van der Waals surface area contributed by atoms with Gasteiger partial charge in [0.1, 0.15) is 10.7 Å². The molecule has 2 aliphatic rings. The highest BCUT2D eigenvalue weighted by Crippen LogP contribution is 2.32. The zero-order valence-electron chi connectivity index (χ0n) is 20.1. The van der Waals surface area contributed by atoms with Crippen LogP contribution in [-0.2, 0) is 19.0 Å². The van der Waals surface area contributed by atoms with Crippen molar-refractivity contribution in [3.63, 3.8) is 0 Å². The lowest BCUT2D eigenvalue weighted by Gasteiger charge is -2.25. The second-order valence-electron chi connectivity index (χ2n) is 9.47. The molecule has 4 aromatic rings. The highest BCUT2D eigenvalue weighted by Gasteiger charge is 2.37. The van der Waals surface area contributed by atoms with E-state index in [0.29, 0.717) is 22.4 Å². The van der Waals surface area contributed by atoms with Gasteiger partial charge in [0.2, 0.25) is 5.95 Å². The van der Waals surface area contributed by atoms with E-state index in [1.165, 1.54) is 48.4 Å². The van der Waals surface area contributed by atoms with Crippen LogP contribution in [0.5, 0.6) is 0 Å². The lowest BCUT2D eigenvalue weighted by molar-refractivity contribution is -0.144. The van der Waals surface area contributed by atoms with Crippen molar-refractivity contribution >= 4 is 23.0 Å². The molecule has 1 unspecified atom stereocenters. The van der Waals surface area contributed by atoms with Gasteiger partial charge in [-0.05, 0) is 87.0 Å². The molecule has 0 saturated carbocycles. The van der Waals surface area contributed by atoms with Crippen LogP contribution in [0.3, 0.4) is 0 Å². The van der Waals surface area contributed by atoms with Gasteiger partial charge in [0, 0.05) is 23.3 Å². The Bertz CT molecular complexity index is 1380. The van der Waals surface area contributed by atoms with Crippen molar-refractivity contribution in [2.45, 2.75) is 50.7 Å². The van der Waals surface area contributed by atoms with Crippen LogP contribution in [0.15, 0.2) is 48.0 Å². The van der Waals surface area contributed by atoms with Crippen LogP contribution in [0.25, 0.3) is 16.5 Å². The largest absolute Gasteiger partial charge is 0.453 e. The van der Waals surface area contributed by atoms with E-state index in [2.05, 4.69) is 36.3 Å². The number of hydrogen-bond donors (Lipinski definition) is 1. The Morgan fingerprint density at radius 3 is 2.54 bits per heavy atom. The van der Waals surface area contributed by atoms with E-state index in [1.54, 1.807) is 24.4 Å². The Labute approximate surface area is 216 Å². The Kier molecular flexibility index (Phi) is 6.41. The van der Waals surface area contributed by atoms with Gasteiger partial charge in [0.05, 0.1) is 0 Å². The molecule has 0 amide bonds. The Morgan fingerprint density at radius 1 is 0.973 bits per heavy atom. The zero-order chi connectivity index (χ0) is 25.4. The fourth-order valence-corrected chi connectivity index (χ4v) is 5.86. The second kappa shape index (κ2) is 9.86. The lowest BCUT2D eigenvalue weighted by Crippen LogP contribution is -2.32. The highest BCUT2D eigenvalue weighted by atomic mass is 32.1. The molecule has 1 N–H and O–H groups in total. The molecule has 37 heavy (non-hydrogen) atoms. The third-order valence-corrected chi connectivity index (χ3v) is 7.87. The number of aromatic nitrogens is 5. The normalized spacial score (nSPS) is 18.5. The van der Waals surface area contributed by atoms with Crippen LogP contribution in [0.1, 0.15) is 42.6 Å². The predicted molar refractivity (Wildman–Crippen MR) is 136 cm³/mol. The number of nitrogens with one attached hydrogen (secondary N) is 1. The molecule has 6 rings (SSSR count). The van der Waals surface area contributed by atoms with Crippen molar-refractivity contribution in [3.05, 3.63) is 64.9 Å². The summed E-state index contributed by atoms with van der Waals surface area (Å²) in [4.78, 5) is 15.2. The summed E-state index contributed by atoms with van der Waals surface area (Å²) in [6.45, 7) is 2.37. The molecule has 0 bridgehead atoms. The van der Waals surface area contributed by atoms with Gasteiger partial charge in [-0.2, -0.15) is 22.8 Å². The number of benzene rings is 1. The van der Waals surface area contributed by atoms with Crippen molar-refractivity contribution in [2.24, 2.45) is 0 Å². The summed E-state index contributed by atoms with van der Waals surface area (Å²) in [5, 5.41) is 9.33. The SMILES string of the molecule is FC(F)(F)c1nc(Nc2ccc3c(c2)CCC(N2CCCC2)CC3)n(-c2cccc(-c3nccs3)n2)n1. The predicted octanol–water partition coefficient (Wildman–Crippen LogP) is 5.89. The van der Waals surface area contributed by atoms with Gasteiger partial charge in [0.15, 0.2) is 5.82 Å². The first-order valence-electron chi connectivity index (χ1n) is 12.5. The van der Waals surface area contributed by atoms with Crippen molar-refractivity contribution in [3.8, 4) is 16.5 Å². The Balaban J connectivity index is 1.29. The minimum atomic E-state index is -4.69. The summed E-state index contributed by atoms with van der Waals surface area (Å²) in [6, 6.07) is 11.7. The van der Waals surface area contributed by atoms with Crippen LogP contribution in [0.4, 0.5) is 24.8 Å². The number of halogens is 3. The molecule has 0 spiro atoms. The topological polar surface area (TPSA) is 71.8 Å². The Hall–Kier alpha value is -3.31. The first-order chi connectivity index (χ1) is 17.9. The minimum absolute atomic E-state index is 0.0420. The van der Waals surface area contributed by atoms with Gasteiger partial charge in [-0.3, -0.25) is 0 Å². The van der Waals surface area contributed by atoms with Gasteiger partial charge < -0.3 is 10.2 Å². The van der Waals surface area contributed by atoms with Crippen LogP contribution in [0, 0.1) is 0 Å². The molecule has 7 nitrogen and oxygen atoms in total.